The van der Waals surface area contributed by atoms with Gasteiger partial charge in [-0.25, -0.2) is 0 Å². The van der Waals surface area contributed by atoms with Crippen molar-refractivity contribution in [2.24, 2.45) is 5.92 Å². The van der Waals surface area contributed by atoms with Crippen LogP contribution in [0.2, 0.25) is 0 Å². The van der Waals surface area contributed by atoms with E-state index >= 15 is 0 Å². The van der Waals surface area contributed by atoms with Crippen molar-refractivity contribution in [2.75, 3.05) is 7.05 Å². The topological polar surface area (TPSA) is 35.8 Å². The Labute approximate surface area is 113 Å². The molecule has 1 atom stereocenters. The lowest BCUT2D eigenvalue weighted by Crippen LogP contribution is -2.08. The zero-order valence-corrected chi connectivity index (χ0v) is 12.9. The predicted octanol–water partition coefficient (Wildman–Crippen LogP) is 4.56. The van der Waals surface area contributed by atoms with Crippen LogP contribution in [0.1, 0.15) is 60.3 Å². The van der Waals surface area contributed by atoms with E-state index in [1.807, 2.05) is 14.0 Å². The molecule has 0 radical (unpaired) electrons. The maximum absolute atomic E-state index is 9.38. The Bertz CT molecular complexity index is 356. The van der Waals surface area contributed by atoms with E-state index in [1.165, 1.54) is 17.6 Å². The summed E-state index contributed by atoms with van der Waals surface area (Å²) in [6.45, 7) is 10.8. The molecule has 0 aliphatic rings. The summed E-state index contributed by atoms with van der Waals surface area (Å²) in [5.74, 6) is 0.722. The zero-order chi connectivity index (χ0) is 14.1. The highest BCUT2D eigenvalue weighted by Crippen LogP contribution is 2.26. The second-order valence-corrected chi connectivity index (χ2v) is 5.03. The Hall–Kier alpha value is -1.23. The fourth-order valence-corrected chi connectivity index (χ4v) is 1.86. The maximum atomic E-state index is 9.38. The fraction of sp³-hybridized carbons (Fsp3) is 0.688. The molecule has 0 aromatic carbocycles. The number of hydrogen-bond donors (Lipinski definition) is 1. The predicted molar refractivity (Wildman–Crippen MR) is 79.1 cm³/mol. The van der Waals surface area contributed by atoms with Gasteiger partial charge in [0.1, 0.15) is 6.07 Å². The van der Waals surface area contributed by atoms with Crippen molar-refractivity contribution in [1.29, 1.82) is 5.26 Å². The molecular formula is C16H28N2. The summed E-state index contributed by atoms with van der Waals surface area (Å²) in [5, 5.41) is 12.5. The third kappa shape index (κ3) is 4.96. The smallest absolute Gasteiger partial charge is 0.101 e. The molecule has 0 spiro atoms. The standard InChI is InChI=1S/C16H28N2/c1-7-12(3)9-10-15(13(4)8-2)16(11-17)14(5)18-6/h12,18H,7-10H2,1-6H3/b15-13+,16-14+. The summed E-state index contributed by atoms with van der Waals surface area (Å²) in [7, 11) is 1.88. The van der Waals surface area contributed by atoms with Gasteiger partial charge in [-0.15, -0.1) is 0 Å². The molecule has 0 aromatic heterocycles. The van der Waals surface area contributed by atoms with Crippen molar-refractivity contribution in [2.45, 2.75) is 60.3 Å². The van der Waals surface area contributed by atoms with Crippen LogP contribution < -0.4 is 5.32 Å². The molecule has 102 valence electrons. The van der Waals surface area contributed by atoms with E-state index in [-0.39, 0.29) is 0 Å². The molecule has 18 heavy (non-hydrogen) atoms. The summed E-state index contributed by atoms with van der Waals surface area (Å²) < 4.78 is 0. The molecule has 2 nitrogen and oxygen atoms in total. The van der Waals surface area contributed by atoms with Crippen LogP contribution >= 0.6 is 0 Å². The summed E-state index contributed by atoms with van der Waals surface area (Å²) in [6.07, 6.45) is 4.38. The second-order valence-electron chi connectivity index (χ2n) is 5.03. The first kappa shape index (κ1) is 16.8. The van der Waals surface area contributed by atoms with Crippen molar-refractivity contribution in [3.63, 3.8) is 0 Å². The number of nitriles is 1. The Balaban J connectivity index is 5.22. The minimum absolute atomic E-state index is 0.722. The van der Waals surface area contributed by atoms with E-state index in [2.05, 4.69) is 39.1 Å². The van der Waals surface area contributed by atoms with Gasteiger partial charge in [0.05, 0.1) is 5.57 Å². The molecule has 0 saturated carbocycles. The molecule has 0 bridgehead atoms. The van der Waals surface area contributed by atoms with E-state index in [4.69, 9.17) is 0 Å². The van der Waals surface area contributed by atoms with Crippen LogP contribution in [0, 0.1) is 17.2 Å². The van der Waals surface area contributed by atoms with Gasteiger partial charge < -0.3 is 5.32 Å². The van der Waals surface area contributed by atoms with Gasteiger partial charge >= 0.3 is 0 Å². The fourth-order valence-electron chi connectivity index (χ4n) is 1.86. The first-order chi connectivity index (χ1) is 8.51. The van der Waals surface area contributed by atoms with Gasteiger partial charge in [-0.05, 0) is 44.6 Å². The minimum atomic E-state index is 0.722. The number of allylic oxidation sites excluding steroid dienone is 4. The molecule has 2 heteroatoms. The van der Waals surface area contributed by atoms with E-state index in [0.717, 1.165) is 36.5 Å². The summed E-state index contributed by atoms with van der Waals surface area (Å²) in [4.78, 5) is 0. The molecular weight excluding hydrogens is 220 g/mol. The summed E-state index contributed by atoms with van der Waals surface area (Å²) in [6, 6.07) is 2.37. The Morgan fingerprint density at radius 3 is 2.28 bits per heavy atom. The quantitative estimate of drug-likeness (QED) is 0.529. The van der Waals surface area contributed by atoms with Crippen LogP contribution in [0.25, 0.3) is 0 Å². The highest BCUT2D eigenvalue weighted by atomic mass is 14.8. The Morgan fingerprint density at radius 1 is 1.28 bits per heavy atom. The lowest BCUT2D eigenvalue weighted by atomic mass is 9.90. The van der Waals surface area contributed by atoms with Gasteiger partial charge in [0, 0.05) is 12.7 Å². The lowest BCUT2D eigenvalue weighted by Gasteiger charge is -2.15. The zero-order valence-electron chi connectivity index (χ0n) is 12.9. The average molecular weight is 248 g/mol. The Kier molecular flexibility index (Phi) is 8.20. The largest absolute Gasteiger partial charge is 0.391 e. The van der Waals surface area contributed by atoms with Crippen molar-refractivity contribution < 1.29 is 0 Å². The van der Waals surface area contributed by atoms with Gasteiger partial charge in [-0.3, -0.25) is 0 Å². The monoisotopic (exact) mass is 248 g/mol. The lowest BCUT2D eigenvalue weighted by molar-refractivity contribution is 0.515. The third-order valence-corrected chi connectivity index (χ3v) is 3.79. The average Bonchev–Trinajstić information content (AvgIpc) is 2.41. The van der Waals surface area contributed by atoms with E-state index < -0.39 is 0 Å². The molecule has 0 aliphatic carbocycles. The van der Waals surface area contributed by atoms with E-state index in [9.17, 15) is 5.26 Å². The van der Waals surface area contributed by atoms with Gasteiger partial charge in [0.25, 0.3) is 0 Å². The van der Waals surface area contributed by atoms with Crippen molar-refractivity contribution in [3.05, 3.63) is 22.4 Å². The SMILES string of the molecule is CC/C(C)=C(CCC(C)CC)/C(C#N)=C(\C)NC. The minimum Gasteiger partial charge on any atom is -0.391 e. The molecule has 1 N–H and O–H groups in total. The summed E-state index contributed by atoms with van der Waals surface area (Å²) >= 11 is 0. The normalized spacial score (nSPS) is 15.4. The van der Waals surface area contributed by atoms with Crippen molar-refractivity contribution in [3.8, 4) is 6.07 Å². The van der Waals surface area contributed by atoms with Crippen LogP contribution in [0.4, 0.5) is 0 Å². The molecule has 0 fully saturated rings. The van der Waals surface area contributed by atoms with Gasteiger partial charge in [-0.2, -0.15) is 5.26 Å². The van der Waals surface area contributed by atoms with Crippen molar-refractivity contribution in [1.82, 2.24) is 5.32 Å². The molecule has 0 aromatic rings. The van der Waals surface area contributed by atoms with E-state index in [1.54, 1.807) is 0 Å². The van der Waals surface area contributed by atoms with Crippen LogP contribution in [-0.2, 0) is 0 Å². The number of hydrogen-bond acceptors (Lipinski definition) is 2. The molecule has 0 heterocycles. The second kappa shape index (κ2) is 8.80. The van der Waals surface area contributed by atoms with Crippen LogP contribution in [0.3, 0.4) is 0 Å². The Morgan fingerprint density at radius 2 is 1.89 bits per heavy atom. The van der Waals surface area contributed by atoms with Crippen molar-refractivity contribution >= 4 is 0 Å². The number of nitrogens with zero attached hydrogens (tertiary/aromatic N) is 1. The van der Waals surface area contributed by atoms with Crippen LogP contribution in [0.5, 0.6) is 0 Å². The summed E-state index contributed by atoms with van der Waals surface area (Å²) in [5.41, 5.74) is 4.39. The molecule has 1 unspecified atom stereocenters. The molecule has 0 rings (SSSR count). The molecule has 0 aliphatic heterocycles. The maximum Gasteiger partial charge on any atom is 0.101 e. The van der Waals surface area contributed by atoms with Crippen LogP contribution in [0.15, 0.2) is 22.4 Å². The number of nitrogens with one attached hydrogen (secondary N) is 1. The highest BCUT2D eigenvalue weighted by molar-refractivity contribution is 5.46. The van der Waals surface area contributed by atoms with E-state index in [0.29, 0.717) is 0 Å². The third-order valence-electron chi connectivity index (χ3n) is 3.79. The molecule has 0 amide bonds. The first-order valence-corrected chi connectivity index (χ1v) is 6.99. The van der Waals surface area contributed by atoms with Gasteiger partial charge in [0.2, 0.25) is 0 Å². The van der Waals surface area contributed by atoms with Gasteiger partial charge in [-0.1, -0.05) is 32.8 Å². The highest BCUT2D eigenvalue weighted by Gasteiger charge is 2.12. The van der Waals surface area contributed by atoms with Gasteiger partial charge in [0.15, 0.2) is 0 Å². The number of rotatable bonds is 7. The molecule has 0 saturated heterocycles. The first-order valence-electron chi connectivity index (χ1n) is 6.99. The van der Waals surface area contributed by atoms with Crippen LogP contribution in [-0.4, -0.2) is 7.05 Å².